The lowest BCUT2D eigenvalue weighted by Gasteiger charge is -2.45. The minimum Gasteiger partial charge on any atom is -0.394 e. The fourth-order valence-corrected chi connectivity index (χ4v) is 2.57. The zero-order valence-electron chi connectivity index (χ0n) is 12.0. The number of rotatable bonds is 4. The first-order valence-corrected chi connectivity index (χ1v) is 7.08. The minimum atomic E-state index is -1.74. The van der Waals surface area contributed by atoms with Crippen molar-refractivity contribution in [3.63, 3.8) is 0 Å². The highest BCUT2D eigenvalue weighted by atomic mass is 16.9. The number of aliphatic hydroxyl groups excluding tert-OH is 8. The van der Waals surface area contributed by atoms with Crippen molar-refractivity contribution in [3.05, 3.63) is 0 Å². The van der Waals surface area contributed by atoms with Gasteiger partial charge in [-0.25, -0.2) is 0 Å². The van der Waals surface area contributed by atoms with Crippen LogP contribution in [0.2, 0.25) is 0 Å². The number of aliphatic hydroxyl groups is 8. The summed E-state index contributed by atoms with van der Waals surface area (Å²) in [7, 11) is 0. The molecular weight excluding hydrogens is 332 g/mol. The van der Waals surface area contributed by atoms with Crippen molar-refractivity contribution in [2.24, 2.45) is 0 Å². The smallest absolute Gasteiger partial charge is 0.187 e. The highest BCUT2D eigenvalue weighted by Gasteiger charge is 2.50. The van der Waals surface area contributed by atoms with Crippen LogP contribution in [0.15, 0.2) is 0 Å². The first-order chi connectivity index (χ1) is 10.8. The molecule has 2 aliphatic heterocycles. The average molecular weight is 354 g/mol. The standard InChI is InChI=1S/C12H22O11/c13-1-3-5(15)6(16)9(19)12(22-3)23-10-4(2-14)21-11(20)8(18)7(10)17/h3-20H,1-2H2/t3-,4-,5-,6+,7-,8-,9-,10-,11-,12+/m1/s1/i1+1,2+1,3+1,4+1,5+1,6+1,7+1,8+1,9+1,10+1,11+1,12+1. The molecule has 136 valence electrons. The molecular formula is C12H22O11. The zero-order valence-corrected chi connectivity index (χ0v) is 12.0. The summed E-state index contributed by atoms with van der Waals surface area (Å²) in [6.07, 6.45) is -15.6. The van der Waals surface area contributed by atoms with Gasteiger partial charge in [0.05, 0.1) is 13.2 Å². The van der Waals surface area contributed by atoms with Crippen molar-refractivity contribution >= 4 is 0 Å². The Hall–Kier alpha value is -0.440. The van der Waals surface area contributed by atoms with Crippen LogP contribution in [0.4, 0.5) is 0 Å². The van der Waals surface area contributed by atoms with Gasteiger partial charge in [0.2, 0.25) is 0 Å². The van der Waals surface area contributed by atoms with E-state index in [2.05, 4.69) is 0 Å². The van der Waals surface area contributed by atoms with Crippen LogP contribution in [-0.2, 0) is 14.2 Å². The molecule has 2 rings (SSSR count). The Kier molecular flexibility index (Phi) is 6.27. The van der Waals surface area contributed by atoms with Gasteiger partial charge in [0.1, 0.15) is 48.8 Å². The summed E-state index contributed by atoms with van der Waals surface area (Å²) in [6.45, 7) is -1.35. The van der Waals surface area contributed by atoms with Crippen molar-refractivity contribution in [1.82, 2.24) is 0 Å². The number of hydrogen-bond donors (Lipinski definition) is 8. The van der Waals surface area contributed by atoms with Crippen LogP contribution >= 0.6 is 0 Å². The molecule has 0 amide bonds. The first kappa shape index (κ1) is 18.9. The molecule has 0 spiro atoms. The van der Waals surface area contributed by atoms with Crippen molar-refractivity contribution in [2.45, 2.75) is 61.4 Å². The molecule has 0 saturated carbocycles. The summed E-state index contributed by atoms with van der Waals surface area (Å²) in [5.41, 5.74) is 0. The molecule has 0 aliphatic carbocycles. The highest BCUT2D eigenvalue weighted by molar-refractivity contribution is 4.93. The van der Waals surface area contributed by atoms with Gasteiger partial charge in [-0.1, -0.05) is 0 Å². The Balaban J connectivity index is 2.11. The monoisotopic (exact) mass is 354 g/mol. The maximum atomic E-state index is 9.94. The second kappa shape index (κ2) is 7.63. The molecule has 0 bridgehead atoms. The summed E-state index contributed by atoms with van der Waals surface area (Å²) in [4.78, 5) is 0. The van der Waals surface area contributed by atoms with Crippen LogP contribution in [0.5, 0.6) is 0 Å². The molecule has 2 fully saturated rings. The Labute approximate surface area is 130 Å². The van der Waals surface area contributed by atoms with E-state index < -0.39 is 74.6 Å². The lowest BCUT2D eigenvalue weighted by atomic mass is 10.9. The molecule has 2 saturated heterocycles. The molecule has 0 aromatic rings. The van der Waals surface area contributed by atoms with Crippen LogP contribution in [0.1, 0.15) is 0 Å². The third-order valence-corrected chi connectivity index (χ3v) is 3.98. The summed E-state index contributed by atoms with van der Waals surface area (Å²) < 4.78 is 15.3. The van der Waals surface area contributed by atoms with E-state index >= 15 is 0 Å². The van der Waals surface area contributed by atoms with Gasteiger partial charge >= 0.3 is 0 Å². The van der Waals surface area contributed by atoms with Gasteiger partial charge in [0.25, 0.3) is 0 Å². The lowest BCUT2D eigenvalue weighted by molar-refractivity contribution is -0.355. The van der Waals surface area contributed by atoms with Crippen LogP contribution in [-0.4, -0.2) is 115 Å². The van der Waals surface area contributed by atoms with Gasteiger partial charge in [-0.15, -0.1) is 0 Å². The molecule has 11 heteroatoms. The normalized spacial score (nSPS) is 51.7. The quantitative estimate of drug-likeness (QED) is 0.225. The predicted molar refractivity (Wildman–Crippen MR) is 68.6 cm³/mol. The van der Waals surface area contributed by atoms with Crippen LogP contribution < -0.4 is 0 Å². The van der Waals surface area contributed by atoms with Crippen molar-refractivity contribution in [1.29, 1.82) is 0 Å². The average Bonchev–Trinajstić information content (AvgIpc) is 2.55. The first-order valence-electron chi connectivity index (χ1n) is 7.08. The summed E-state index contributed by atoms with van der Waals surface area (Å²) >= 11 is 0. The molecule has 8 N–H and O–H groups in total. The Bertz CT molecular complexity index is 378. The van der Waals surface area contributed by atoms with Gasteiger partial charge in [0, 0.05) is 0 Å². The summed E-state index contributed by atoms with van der Waals surface area (Å²) in [6, 6.07) is 0. The fraction of sp³-hybridized carbons (Fsp3) is 1.00. The molecule has 11 nitrogen and oxygen atoms in total. The molecule has 0 unspecified atom stereocenters. The van der Waals surface area contributed by atoms with Crippen molar-refractivity contribution in [2.75, 3.05) is 13.2 Å². The Morgan fingerprint density at radius 1 is 0.652 bits per heavy atom. The van der Waals surface area contributed by atoms with E-state index in [0.29, 0.717) is 0 Å². The summed E-state index contributed by atoms with van der Waals surface area (Å²) in [5.74, 6) is 0. The van der Waals surface area contributed by atoms with Crippen LogP contribution in [0.25, 0.3) is 0 Å². The van der Waals surface area contributed by atoms with Crippen molar-refractivity contribution in [3.8, 4) is 0 Å². The lowest BCUT2D eigenvalue weighted by Crippen LogP contribution is -2.64. The molecule has 0 radical (unpaired) electrons. The van der Waals surface area contributed by atoms with Gasteiger partial charge < -0.3 is 55.1 Å². The van der Waals surface area contributed by atoms with Crippen LogP contribution in [0, 0.1) is 0 Å². The van der Waals surface area contributed by atoms with E-state index in [1.165, 1.54) is 0 Å². The maximum Gasteiger partial charge on any atom is 0.187 e. The minimum absolute atomic E-state index is 0.667. The summed E-state index contributed by atoms with van der Waals surface area (Å²) in [5, 5.41) is 76.5. The van der Waals surface area contributed by atoms with E-state index in [9.17, 15) is 35.7 Å². The number of hydrogen-bond acceptors (Lipinski definition) is 11. The molecule has 10 atom stereocenters. The second-order valence-electron chi connectivity index (χ2n) is 5.53. The van der Waals surface area contributed by atoms with Crippen molar-refractivity contribution < 1.29 is 55.1 Å². The number of ether oxygens (including phenoxy) is 3. The van der Waals surface area contributed by atoms with E-state index in [1.54, 1.807) is 0 Å². The van der Waals surface area contributed by atoms with Gasteiger partial charge in [-0.3, -0.25) is 0 Å². The molecule has 0 aromatic carbocycles. The van der Waals surface area contributed by atoms with Gasteiger partial charge in [-0.05, 0) is 0 Å². The highest BCUT2D eigenvalue weighted by Crippen LogP contribution is 2.28. The van der Waals surface area contributed by atoms with Gasteiger partial charge in [-0.2, -0.15) is 0 Å². The van der Waals surface area contributed by atoms with E-state index in [4.69, 9.17) is 19.3 Å². The third kappa shape index (κ3) is 3.65. The molecule has 2 heterocycles. The molecule has 23 heavy (non-hydrogen) atoms. The maximum absolute atomic E-state index is 9.94. The third-order valence-electron chi connectivity index (χ3n) is 3.98. The topological polar surface area (TPSA) is 190 Å². The van der Waals surface area contributed by atoms with E-state index in [0.717, 1.165) is 0 Å². The van der Waals surface area contributed by atoms with E-state index in [1.807, 2.05) is 0 Å². The zero-order chi connectivity index (χ0) is 17.3. The Morgan fingerprint density at radius 3 is 1.83 bits per heavy atom. The van der Waals surface area contributed by atoms with E-state index in [-0.39, 0.29) is 0 Å². The fourth-order valence-electron chi connectivity index (χ4n) is 2.57. The molecule has 2 aliphatic rings. The SMILES string of the molecule is O[13CH2][13C@H]1O[13C@@H](O[13C@H]2[13C@H](O)[13C@@H](O)[13C@H](O)O[13C@@H]2[13CH2]O)[13C@H](O)[13C@@H](O)[13C@@H]1O. The predicted octanol–water partition coefficient (Wildman–Crippen LogP) is -5.40. The van der Waals surface area contributed by atoms with Crippen LogP contribution in [0.3, 0.4) is 0 Å². The Morgan fingerprint density at radius 2 is 1.26 bits per heavy atom. The second-order valence-corrected chi connectivity index (χ2v) is 5.53. The van der Waals surface area contributed by atoms with Gasteiger partial charge in [0.15, 0.2) is 12.6 Å². The molecule has 0 aromatic heterocycles. The largest absolute Gasteiger partial charge is 0.394 e.